The number of sulfonamides is 1. The van der Waals surface area contributed by atoms with Crippen LogP contribution in [0.2, 0.25) is 5.02 Å². The first kappa shape index (κ1) is 29.6. The molecule has 4 rings (SSSR count). The second kappa shape index (κ2) is 13.3. The van der Waals surface area contributed by atoms with E-state index in [4.69, 9.17) is 11.6 Å². The van der Waals surface area contributed by atoms with Crippen LogP contribution in [0, 0.1) is 6.92 Å². The van der Waals surface area contributed by atoms with Crippen LogP contribution in [0.25, 0.3) is 0 Å². The van der Waals surface area contributed by atoms with Crippen molar-refractivity contribution in [2.45, 2.75) is 69.5 Å². The quantitative estimate of drug-likeness (QED) is 0.332. The van der Waals surface area contributed by atoms with E-state index in [0.29, 0.717) is 10.7 Å². The minimum absolute atomic E-state index is 0.0166. The number of carbonyl (C=O) groups is 2. The van der Waals surface area contributed by atoms with Crippen LogP contribution in [0.5, 0.6) is 0 Å². The molecule has 0 radical (unpaired) electrons. The summed E-state index contributed by atoms with van der Waals surface area (Å²) in [6.07, 6.45) is 5.15. The molecule has 0 spiro atoms. The van der Waals surface area contributed by atoms with Crippen molar-refractivity contribution < 1.29 is 18.0 Å². The first-order chi connectivity index (χ1) is 19.1. The highest BCUT2D eigenvalue weighted by molar-refractivity contribution is 7.92. The molecule has 2 amide bonds. The van der Waals surface area contributed by atoms with Crippen molar-refractivity contribution in [2.75, 3.05) is 10.8 Å². The molecule has 1 N–H and O–H groups in total. The molecule has 1 aliphatic rings. The van der Waals surface area contributed by atoms with Crippen molar-refractivity contribution in [1.29, 1.82) is 0 Å². The molecule has 7 nitrogen and oxygen atoms in total. The average molecular weight is 582 g/mol. The van der Waals surface area contributed by atoms with Gasteiger partial charge in [0.05, 0.1) is 10.6 Å². The van der Waals surface area contributed by atoms with Crippen molar-refractivity contribution >= 4 is 39.1 Å². The van der Waals surface area contributed by atoms with Gasteiger partial charge in [0, 0.05) is 17.6 Å². The van der Waals surface area contributed by atoms with Crippen molar-refractivity contribution in [3.8, 4) is 0 Å². The van der Waals surface area contributed by atoms with Crippen molar-refractivity contribution in [3.05, 3.63) is 95.0 Å². The van der Waals surface area contributed by atoms with E-state index < -0.39 is 28.5 Å². The van der Waals surface area contributed by atoms with Gasteiger partial charge in [-0.05, 0) is 68.7 Å². The lowest BCUT2D eigenvalue weighted by Gasteiger charge is -2.33. The Bertz CT molecular complexity index is 1390. The van der Waals surface area contributed by atoms with Crippen LogP contribution in [-0.2, 0) is 26.2 Å². The number of halogens is 1. The summed E-state index contributed by atoms with van der Waals surface area (Å²) in [4.78, 5) is 28.8. The zero-order chi connectivity index (χ0) is 28.7. The number of anilines is 1. The SMILES string of the molecule is Cc1ccc(N(CC(=O)N(Cc2ccccc2)[C@H](C)C(=O)NC2CCCCC2)S(=O)(=O)c2ccc(Cl)cc2)cc1. The Morgan fingerprint density at radius 1 is 0.925 bits per heavy atom. The minimum Gasteiger partial charge on any atom is -0.352 e. The zero-order valence-electron chi connectivity index (χ0n) is 22.9. The molecule has 0 aliphatic heterocycles. The predicted octanol–water partition coefficient (Wildman–Crippen LogP) is 5.71. The smallest absolute Gasteiger partial charge is 0.264 e. The van der Waals surface area contributed by atoms with E-state index in [1.54, 1.807) is 31.2 Å². The maximum absolute atomic E-state index is 14.0. The summed E-state index contributed by atoms with van der Waals surface area (Å²) >= 11 is 6.01. The predicted molar refractivity (Wildman–Crippen MR) is 159 cm³/mol. The third-order valence-electron chi connectivity index (χ3n) is 7.32. The lowest BCUT2D eigenvalue weighted by molar-refractivity contribution is -0.139. The summed E-state index contributed by atoms with van der Waals surface area (Å²) in [6, 6.07) is 21.5. The third-order valence-corrected chi connectivity index (χ3v) is 9.36. The fraction of sp³-hybridized carbons (Fsp3) is 0.355. The number of rotatable bonds is 10. The number of carbonyl (C=O) groups excluding carboxylic acids is 2. The Balaban J connectivity index is 1.65. The Labute approximate surface area is 242 Å². The lowest BCUT2D eigenvalue weighted by atomic mass is 9.95. The molecular formula is C31H36ClN3O4S. The first-order valence-electron chi connectivity index (χ1n) is 13.6. The third kappa shape index (κ3) is 7.43. The Morgan fingerprint density at radius 3 is 2.17 bits per heavy atom. The van der Waals surface area contributed by atoms with E-state index in [-0.39, 0.29) is 23.4 Å². The average Bonchev–Trinajstić information content (AvgIpc) is 2.96. The van der Waals surface area contributed by atoms with Gasteiger partial charge in [-0.25, -0.2) is 8.42 Å². The fourth-order valence-corrected chi connectivity index (χ4v) is 6.45. The molecule has 1 atom stereocenters. The van der Waals surface area contributed by atoms with Gasteiger partial charge in [0.2, 0.25) is 11.8 Å². The van der Waals surface area contributed by atoms with Crippen molar-refractivity contribution in [1.82, 2.24) is 10.2 Å². The van der Waals surface area contributed by atoms with E-state index >= 15 is 0 Å². The molecule has 0 saturated heterocycles. The van der Waals surface area contributed by atoms with Crippen molar-refractivity contribution in [3.63, 3.8) is 0 Å². The van der Waals surface area contributed by atoms with Gasteiger partial charge < -0.3 is 10.2 Å². The van der Waals surface area contributed by atoms with E-state index in [1.807, 2.05) is 37.3 Å². The molecule has 3 aromatic rings. The van der Waals surface area contributed by atoms with Crippen molar-refractivity contribution in [2.24, 2.45) is 0 Å². The second-order valence-electron chi connectivity index (χ2n) is 10.3. The van der Waals surface area contributed by atoms with Gasteiger partial charge >= 0.3 is 0 Å². The Kier molecular flexibility index (Phi) is 9.87. The highest BCUT2D eigenvalue weighted by Gasteiger charge is 2.33. The summed E-state index contributed by atoms with van der Waals surface area (Å²) in [5.41, 5.74) is 2.15. The molecule has 9 heteroatoms. The monoisotopic (exact) mass is 581 g/mol. The highest BCUT2D eigenvalue weighted by Crippen LogP contribution is 2.26. The number of amides is 2. The molecule has 0 bridgehead atoms. The van der Waals surface area contributed by atoms with Crippen LogP contribution in [0.15, 0.2) is 83.8 Å². The number of benzene rings is 3. The van der Waals surface area contributed by atoms with Crippen LogP contribution in [0.3, 0.4) is 0 Å². The fourth-order valence-electron chi connectivity index (χ4n) is 4.91. The molecular weight excluding hydrogens is 546 g/mol. The molecule has 1 saturated carbocycles. The standard InChI is InChI=1S/C31H36ClN3O4S/c1-23-13-17-28(18-14-23)35(40(38,39)29-19-15-26(32)16-20-29)22-30(36)34(21-25-9-5-3-6-10-25)24(2)31(37)33-27-11-7-4-8-12-27/h3,5-6,9-10,13-20,24,27H,4,7-8,11-12,21-22H2,1-2H3,(H,33,37)/t24-/m1/s1. The molecule has 40 heavy (non-hydrogen) atoms. The van der Waals surface area contributed by atoms with E-state index in [0.717, 1.165) is 47.5 Å². The van der Waals surface area contributed by atoms with Crippen LogP contribution in [-0.4, -0.2) is 43.8 Å². The molecule has 0 heterocycles. The second-order valence-corrected chi connectivity index (χ2v) is 12.6. The van der Waals surface area contributed by atoms with Crippen LogP contribution < -0.4 is 9.62 Å². The summed E-state index contributed by atoms with van der Waals surface area (Å²) in [6.45, 7) is 3.30. The summed E-state index contributed by atoms with van der Waals surface area (Å²) in [5, 5.41) is 3.52. The highest BCUT2D eigenvalue weighted by atomic mass is 35.5. The van der Waals surface area contributed by atoms with Gasteiger partial charge in [-0.15, -0.1) is 0 Å². The Morgan fingerprint density at radius 2 is 1.55 bits per heavy atom. The number of nitrogens with zero attached hydrogens (tertiary/aromatic N) is 2. The summed E-state index contributed by atoms with van der Waals surface area (Å²) < 4.78 is 28.8. The largest absolute Gasteiger partial charge is 0.352 e. The van der Waals surface area contributed by atoms with Crippen LogP contribution in [0.4, 0.5) is 5.69 Å². The molecule has 0 aromatic heterocycles. The van der Waals surface area contributed by atoms with E-state index in [1.165, 1.54) is 29.2 Å². The van der Waals surface area contributed by atoms with E-state index in [2.05, 4.69) is 5.32 Å². The molecule has 1 fully saturated rings. The topological polar surface area (TPSA) is 86.8 Å². The first-order valence-corrected chi connectivity index (χ1v) is 15.5. The lowest BCUT2D eigenvalue weighted by Crippen LogP contribution is -2.53. The Hall–Kier alpha value is -3.36. The molecule has 1 aliphatic carbocycles. The van der Waals surface area contributed by atoms with E-state index in [9.17, 15) is 18.0 Å². The summed E-state index contributed by atoms with van der Waals surface area (Å²) in [7, 11) is -4.13. The molecule has 212 valence electrons. The molecule has 3 aromatic carbocycles. The van der Waals surface area contributed by atoms with Crippen LogP contribution >= 0.6 is 11.6 Å². The zero-order valence-corrected chi connectivity index (χ0v) is 24.5. The van der Waals surface area contributed by atoms with Crippen LogP contribution in [0.1, 0.15) is 50.2 Å². The summed E-state index contributed by atoms with van der Waals surface area (Å²) in [5.74, 6) is -0.716. The number of hydrogen-bond donors (Lipinski definition) is 1. The number of nitrogens with one attached hydrogen (secondary N) is 1. The van der Waals surface area contributed by atoms with Gasteiger partial charge in [0.15, 0.2) is 0 Å². The number of aryl methyl sites for hydroxylation is 1. The maximum atomic E-state index is 14.0. The maximum Gasteiger partial charge on any atom is 0.264 e. The molecule has 0 unspecified atom stereocenters. The van der Waals surface area contributed by atoms with Gasteiger partial charge in [-0.1, -0.05) is 78.9 Å². The minimum atomic E-state index is -4.13. The number of hydrogen-bond acceptors (Lipinski definition) is 4. The van der Waals surface area contributed by atoms with Gasteiger partial charge in [-0.2, -0.15) is 0 Å². The van der Waals surface area contributed by atoms with Gasteiger partial charge in [0.25, 0.3) is 10.0 Å². The van der Waals surface area contributed by atoms with Gasteiger partial charge in [-0.3, -0.25) is 13.9 Å². The van der Waals surface area contributed by atoms with Gasteiger partial charge in [0.1, 0.15) is 12.6 Å². The normalized spacial score (nSPS) is 14.8.